The van der Waals surface area contributed by atoms with E-state index >= 15 is 0 Å². The van der Waals surface area contributed by atoms with Crippen molar-refractivity contribution in [2.75, 3.05) is 7.05 Å². The Morgan fingerprint density at radius 1 is 1.28 bits per heavy atom. The predicted octanol–water partition coefficient (Wildman–Crippen LogP) is 0.716. The van der Waals surface area contributed by atoms with Crippen LogP contribution in [0.5, 0.6) is 0 Å². The van der Waals surface area contributed by atoms with Crippen LogP contribution in [0.4, 0.5) is 0 Å². The minimum atomic E-state index is -3.80. The van der Waals surface area contributed by atoms with Crippen LogP contribution in [0, 0.1) is 13.8 Å². The van der Waals surface area contributed by atoms with Gasteiger partial charge in [-0.15, -0.1) is 0 Å². The van der Waals surface area contributed by atoms with Gasteiger partial charge in [0.15, 0.2) is 0 Å². The fourth-order valence-corrected chi connectivity index (χ4v) is 2.79. The van der Waals surface area contributed by atoms with Gasteiger partial charge < -0.3 is 5.32 Å². The lowest BCUT2D eigenvalue weighted by molar-refractivity contribution is -0.120. The lowest BCUT2D eigenvalue weighted by Crippen LogP contribution is -2.43. The molecule has 1 atom stereocenters. The molecule has 0 radical (unpaired) electrons. The highest BCUT2D eigenvalue weighted by atomic mass is 32.2. The molecule has 0 unspecified atom stereocenters. The second-order valence-electron chi connectivity index (χ2n) is 4.25. The van der Waals surface area contributed by atoms with Gasteiger partial charge in [0.25, 0.3) is 15.9 Å². The second-order valence-corrected chi connectivity index (χ2v) is 5.90. The fraction of sp³-hybridized carbons (Fsp3) is 0.417. The molecule has 0 bridgehead atoms. The molecule has 100 valence electrons. The van der Waals surface area contributed by atoms with Crippen molar-refractivity contribution in [3.8, 4) is 0 Å². The Bertz CT molecular complexity index is 552. The summed E-state index contributed by atoms with van der Waals surface area (Å²) in [5.74, 6) is -0.572. The van der Waals surface area contributed by atoms with Gasteiger partial charge in [0.05, 0.1) is 10.9 Å². The Kier molecular flexibility index (Phi) is 4.48. The zero-order valence-electron chi connectivity index (χ0n) is 10.9. The van der Waals surface area contributed by atoms with E-state index in [0.717, 1.165) is 5.56 Å². The number of likely N-dealkylation sites (N-methyl/N-ethyl adjacent to an activating group) is 1. The van der Waals surface area contributed by atoms with E-state index in [-0.39, 0.29) is 4.90 Å². The van der Waals surface area contributed by atoms with Crippen LogP contribution < -0.4 is 10.0 Å². The van der Waals surface area contributed by atoms with E-state index < -0.39 is 22.0 Å². The van der Waals surface area contributed by atoms with E-state index in [1.807, 2.05) is 6.92 Å². The Morgan fingerprint density at radius 3 is 2.39 bits per heavy atom. The number of sulfonamides is 1. The number of hydrogen-bond donors (Lipinski definition) is 2. The normalized spacial score (nSPS) is 13.1. The highest BCUT2D eigenvalue weighted by molar-refractivity contribution is 7.90. The van der Waals surface area contributed by atoms with Gasteiger partial charge in [-0.2, -0.15) is 0 Å². The maximum Gasteiger partial charge on any atom is 0.264 e. The van der Waals surface area contributed by atoms with E-state index in [9.17, 15) is 13.2 Å². The molecule has 2 N–H and O–H groups in total. The van der Waals surface area contributed by atoms with Crippen LogP contribution in [0.15, 0.2) is 23.1 Å². The SMILES string of the molecule is CN[C@@H](C)C(=O)NS(=O)(=O)c1ccc(C)cc1C. The molecule has 0 aliphatic carbocycles. The third kappa shape index (κ3) is 3.30. The number of benzene rings is 1. The molecule has 1 aromatic carbocycles. The molecule has 0 spiro atoms. The maximum atomic E-state index is 12.0. The molecule has 1 rings (SSSR count). The molecule has 0 aromatic heterocycles. The summed E-state index contributed by atoms with van der Waals surface area (Å²) in [5.41, 5.74) is 1.59. The molecular weight excluding hydrogens is 252 g/mol. The molecule has 1 amide bonds. The first kappa shape index (κ1) is 14.7. The highest BCUT2D eigenvalue weighted by Gasteiger charge is 2.22. The second kappa shape index (κ2) is 5.49. The number of nitrogens with one attached hydrogen (secondary N) is 2. The van der Waals surface area contributed by atoms with E-state index in [2.05, 4.69) is 10.0 Å². The molecule has 18 heavy (non-hydrogen) atoms. The molecule has 0 heterocycles. The zero-order chi connectivity index (χ0) is 13.9. The van der Waals surface area contributed by atoms with E-state index in [4.69, 9.17) is 0 Å². The average molecular weight is 270 g/mol. The number of hydrogen-bond acceptors (Lipinski definition) is 4. The van der Waals surface area contributed by atoms with Gasteiger partial charge >= 0.3 is 0 Å². The van der Waals surface area contributed by atoms with E-state index in [0.29, 0.717) is 5.56 Å². The van der Waals surface area contributed by atoms with Crippen LogP contribution in [-0.4, -0.2) is 27.4 Å². The molecular formula is C12H18N2O3S. The van der Waals surface area contributed by atoms with E-state index in [1.165, 1.54) is 6.07 Å². The third-order valence-corrected chi connectivity index (χ3v) is 4.19. The molecule has 0 fully saturated rings. The van der Waals surface area contributed by atoms with Crippen LogP contribution >= 0.6 is 0 Å². The number of rotatable bonds is 4. The van der Waals surface area contributed by atoms with Gasteiger partial charge in [-0.1, -0.05) is 17.7 Å². The Morgan fingerprint density at radius 2 is 1.89 bits per heavy atom. The van der Waals surface area contributed by atoms with Crippen molar-refractivity contribution in [3.63, 3.8) is 0 Å². The van der Waals surface area contributed by atoms with Gasteiger partial charge in [0.2, 0.25) is 0 Å². The van der Waals surface area contributed by atoms with Crippen molar-refractivity contribution in [1.29, 1.82) is 0 Å². The minimum absolute atomic E-state index is 0.129. The Hall–Kier alpha value is -1.40. The monoisotopic (exact) mass is 270 g/mol. The van der Waals surface area contributed by atoms with Crippen LogP contribution in [0.25, 0.3) is 0 Å². The van der Waals surface area contributed by atoms with Crippen LogP contribution in [0.3, 0.4) is 0 Å². The van der Waals surface area contributed by atoms with Crippen molar-refractivity contribution in [3.05, 3.63) is 29.3 Å². The van der Waals surface area contributed by atoms with Gasteiger partial charge in [-0.25, -0.2) is 13.1 Å². The van der Waals surface area contributed by atoms with Crippen LogP contribution in [0.1, 0.15) is 18.1 Å². The Balaban J connectivity index is 3.04. The highest BCUT2D eigenvalue weighted by Crippen LogP contribution is 2.16. The first-order chi connectivity index (χ1) is 8.27. The third-order valence-electron chi connectivity index (χ3n) is 2.68. The average Bonchev–Trinajstić information content (AvgIpc) is 2.26. The predicted molar refractivity (Wildman–Crippen MR) is 69.8 cm³/mol. The first-order valence-corrected chi connectivity index (χ1v) is 7.07. The molecule has 0 aliphatic rings. The molecule has 0 saturated heterocycles. The number of carbonyl (C=O) groups excluding carboxylic acids is 1. The molecule has 1 aromatic rings. The lowest BCUT2D eigenvalue weighted by Gasteiger charge is -2.13. The van der Waals surface area contributed by atoms with Crippen molar-refractivity contribution in [1.82, 2.24) is 10.0 Å². The summed E-state index contributed by atoms with van der Waals surface area (Å²) in [6.45, 7) is 5.17. The van der Waals surface area contributed by atoms with Crippen LogP contribution in [-0.2, 0) is 14.8 Å². The van der Waals surface area contributed by atoms with Crippen molar-refractivity contribution < 1.29 is 13.2 Å². The number of amides is 1. The summed E-state index contributed by atoms with van der Waals surface area (Å²) < 4.78 is 26.1. The number of aryl methyl sites for hydroxylation is 2. The van der Waals surface area contributed by atoms with Gasteiger partial charge in [0, 0.05) is 0 Å². The van der Waals surface area contributed by atoms with Gasteiger partial charge in [-0.05, 0) is 39.4 Å². The summed E-state index contributed by atoms with van der Waals surface area (Å²) in [6, 6.07) is 4.41. The maximum absolute atomic E-state index is 12.0. The summed E-state index contributed by atoms with van der Waals surface area (Å²) in [6.07, 6.45) is 0. The molecule has 5 nitrogen and oxygen atoms in total. The molecule has 0 saturated carbocycles. The van der Waals surface area contributed by atoms with Crippen molar-refractivity contribution in [2.45, 2.75) is 31.7 Å². The summed E-state index contributed by atoms with van der Waals surface area (Å²) in [4.78, 5) is 11.7. The van der Waals surface area contributed by atoms with Crippen molar-refractivity contribution >= 4 is 15.9 Å². The van der Waals surface area contributed by atoms with Crippen molar-refractivity contribution in [2.24, 2.45) is 0 Å². The van der Waals surface area contributed by atoms with Gasteiger partial charge in [-0.3, -0.25) is 4.79 Å². The number of carbonyl (C=O) groups is 1. The summed E-state index contributed by atoms with van der Waals surface area (Å²) in [5, 5.41) is 2.69. The molecule has 6 heteroatoms. The standard InChI is InChI=1S/C12H18N2O3S/c1-8-5-6-11(9(2)7-8)18(16,17)14-12(15)10(3)13-4/h5-7,10,13H,1-4H3,(H,14,15)/t10-/m0/s1. The quantitative estimate of drug-likeness (QED) is 0.845. The summed E-state index contributed by atoms with van der Waals surface area (Å²) in [7, 11) is -2.21. The zero-order valence-corrected chi connectivity index (χ0v) is 11.8. The minimum Gasteiger partial charge on any atom is -0.309 e. The van der Waals surface area contributed by atoms with Crippen LogP contribution in [0.2, 0.25) is 0 Å². The molecule has 0 aliphatic heterocycles. The lowest BCUT2D eigenvalue weighted by atomic mass is 10.2. The summed E-state index contributed by atoms with van der Waals surface area (Å²) >= 11 is 0. The fourth-order valence-electron chi connectivity index (χ4n) is 1.51. The van der Waals surface area contributed by atoms with E-state index in [1.54, 1.807) is 33.0 Å². The first-order valence-electron chi connectivity index (χ1n) is 5.59. The Labute approximate surface area is 108 Å². The topological polar surface area (TPSA) is 75.3 Å². The largest absolute Gasteiger partial charge is 0.309 e. The van der Waals surface area contributed by atoms with Gasteiger partial charge in [0.1, 0.15) is 0 Å². The smallest absolute Gasteiger partial charge is 0.264 e.